The van der Waals surface area contributed by atoms with E-state index in [0.29, 0.717) is 31.9 Å². The van der Waals surface area contributed by atoms with E-state index in [4.69, 9.17) is 15.2 Å². The molecule has 0 amide bonds. The zero-order chi connectivity index (χ0) is 17.4. The second kappa shape index (κ2) is 8.68. The first-order chi connectivity index (χ1) is 11.5. The smallest absolute Gasteiger partial charge is 0.240 e. The van der Waals surface area contributed by atoms with Crippen molar-refractivity contribution >= 4 is 15.7 Å². The summed E-state index contributed by atoms with van der Waals surface area (Å²) >= 11 is 0. The lowest BCUT2D eigenvalue weighted by atomic mass is 10.2. The summed E-state index contributed by atoms with van der Waals surface area (Å²) < 4.78 is 37.5. The Morgan fingerprint density at radius 1 is 1.12 bits per heavy atom. The Labute approximate surface area is 142 Å². The SMILES string of the molecule is COc1ccc(S(=O)(=O)NCCCOCc2ccccc2)cc1N. The maximum atomic E-state index is 12.2. The summed E-state index contributed by atoms with van der Waals surface area (Å²) in [4.78, 5) is 0.117. The molecule has 24 heavy (non-hydrogen) atoms. The van der Waals surface area contributed by atoms with Gasteiger partial charge in [0.15, 0.2) is 0 Å². The van der Waals surface area contributed by atoms with Crippen LogP contribution in [0.2, 0.25) is 0 Å². The number of nitrogen functional groups attached to an aromatic ring is 1. The molecular formula is C17H22N2O4S. The summed E-state index contributed by atoms with van der Waals surface area (Å²) in [7, 11) is -2.11. The first kappa shape index (κ1) is 18.3. The summed E-state index contributed by atoms with van der Waals surface area (Å²) in [5, 5.41) is 0. The van der Waals surface area contributed by atoms with Crippen LogP contribution in [-0.4, -0.2) is 28.7 Å². The fourth-order valence-electron chi connectivity index (χ4n) is 2.11. The number of rotatable bonds is 9. The van der Waals surface area contributed by atoms with Gasteiger partial charge in [0.1, 0.15) is 5.75 Å². The number of nitrogens with two attached hydrogens (primary N) is 1. The molecular weight excluding hydrogens is 328 g/mol. The molecule has 0 aliphatic carbocycles. The van der Waals surface area contributed by atoms with E-state index in [0.717, 1.165) is 5.56 Å². The molecule has 0 saturated heterocycles. The van der Waals surface area contributed by atoms with Gasteiger partial charge < -0.3 is 15.2 Å². The predicted octanol–water partition coefficient (Wildman–Crippen LogP) is 2.16. The van der Waals surface area contributed by atoms with Crippen LogP contribution < -0.4 is 15.2 Å². The first-order valence-corrected chi connectivity index (χ1v) is 9.06. The average molecular weight is 350 g/mol. The Morgan fingerprint density at radius 2 is 1.88 bits per heavy atom. The van der Waals surface area contributed by atoms with Crippen LogP contribution in [0.5, 0.6) is 5.75 Å². The highest BCUT2D eigenvalue weighted by atomic mass is 32.2. The van der Waals surface area contributed by atoms with Crippen molar-refractivity contribution in [2.24, 2.45) is 0 Å². The summed E-state index contributed by atoms with van der Waals surface area (Å²) in [5.74, 6) is 0.447. The molecule has 2 rings (SSSR count). The summed E-state index contributed by atoms with van der Waals surface area (Å²) in [5.41, 5.74) is 7.11. The van der Waals surface area contributed by atoms with Gasteiger partial charge >= 0.3 is 0 Å². The highest BCUT2D eigenvalue weighted by Gasteiger charge is 2.14. The molecule has 7 heteroatoms. The van der Waals surface area contributed by atoms with Gasteiger partial charge in [0.05, 0.1) is 24.3 Å². The Balaban J connectivity index is 1.75. The molecule has 6 nitrogen and oxygen atoms in total. The molecule has 0 radical (unpaired) electrons. The average Bonchev–Trinajstić information content (AvgIpc) is 2.58. The molecule has 2 aromatic rings. The molecule has 0 aliphatic rings. The topological polar surface area (TPSA) is 90.7 Å². The molecule has 130 valence electrons. The van der Waals surface area contributed by atoms with Crippen molar-refractivity contribution in [3.63, 3.8) is 0 Å². The Hall–Kier alpha value is -2.09. The van der Waals surface area contributed by atoms with Crippen molar-refractivity contribution < 1.29 is 17.9 Å². The molecule has 0 heterocycles. The van der Waals surface area contributed by atoms with Crippen LogP contribution in [0.25, 0.3) is 0 Å². The van der Waals surface area contributed by atoms with Crippen LogP contribution in [0.3, 0.4) is 0 Å². The van der Waals surface area contributed by atoms with E-state index in [1.165, 1.54) is 25.3 Å². The minimum Gasteiger partial charge on any atom is -0.495 e. The minimum absolute atomic E-state index is 0.117. The lowest BCUT2D eigenvalue weighted by Crippen LogP contribution is -2.25. The third kappa shape index (κ3) is 5.23. The summed E-state index contributed by atoms with van der Waals surface area (Å²) in [6.45, 7) is 1.29. The third-order valence-corrected chi connectivity index (χ3v) is 4.84. The zero-order valence-corrected chi connectivity index (χ0v) is 14.4. The van der Waals surface area contributed by atoms with Crippen LogP contribution in [0.15, 0.2) is 53.4 Å². The Kier molecular flexibility index (Phi) is 6.60. The van der Waals surface area contributed by atoms with Crippen molar-refractivity contribution in [3.8, 4) is 5.75 Å². The van der Waals surface area contributed by atoms with Crippen molar-refractivity contribution in [1.82, 2.24) is 4.72 Å². The van der Waals surface area contributed by atoms with E-state index in [2.05, 4.69) is 4.72 Å². The number of anilines is 1. The molecule has 0 aromatic heterocycles. The maximum Gasteiger partial charge on any atom is 0.240 e. The second-order valence-electron chi connectivity index (χ2n) is 5.19. The Bertz CT molecular complexity index is 748. The molecule has 0 spiro atoms. The van der Waals surface area contributed by atoms with E-state index in [1.54, 1.807) is 0 Å². The highest BCUT2D eigenvalue weighted by Crippen LogP contribution is 2.24. The lowest BCUT2D eigenvalue weighted by molar-refractivity contribution is 0.119. The summed E-state index contributed by atoms with van der Waals surface area (Å²) in [6, 6.07) is 14.2. The highest BCUT2D eigenvalue weighted by molar-refractivity contribution is 7.89. The van der Waals surface area contributed by atoms with Crippen molar-refractivity contribution in [2.45, 2.75) is 17.9 Å². The van der Waals surface area contributed by atoms with Gasteiger partial charge in [-0.15, -0.1) is 0 Å². The number of sulfonamides is 1. The molecule has 0 bridgehead atoms. The standard InChI is InChI=1S/C17H22N2O4S/c1-22-17-9-8-15(12-16(17)18)24(20,21)19-10-5-11-23-13-14-6-3-2-4-7-14/h2-4,6-9,12,19H,5,10-11,13,18H2,1H3. The van der Waals surface area contributed by atoms with E-state index in [1.807, 2.05) is 30.3 Å². The van der Waals surface area contributed by atoms with E-state index >= 15 is 0 Å². The predicted molar refractivity (Wildman–Crippen MR) is 93.3 cm³/mol. The van der Waals surface area contributed by atoms with E-state index < -0.39 is 10.0 Å². The van der Waals surface area contributed by atoms with Crippen LogP contribution in [-0.2, 0) is 21.4 Å². The Morgan fingerprint density at radius 3 is 2.54 bits per heavy atom. The number of hydrogen-bond donors (Lipinski definition) is 2. The van der Waals surface area contributed by atoms with Gasteiger partial charge in [0, 0.05) is 13.2 Å². The van der Waals surface area contributed by atoms with Crippen molar-refractivity contribution in [2.75, 3.05) is 26.0 Å². The zero-order valence-electron chi connectivity index (χ0n) is 13.6. The normalized spacial score (nSPS) is 11.4. The van der Waals surface area contributed by atoms with Crippen LogP contribution in [0.1, 0.15) is 12.0 Å². The second-order valence-corrected chi connectivity index (χ2v) is 6.96. The lowest BCUT2D eigenvalue weighted by Gasteiger charge is -2.10. The number of methoxy groups -OCH3 is 1. The third-order valence-electron chi connectivity index (χ3n) is 3.38. The van der Waals surface area contributed by atoms with Crippen molar-refractivity contribution in [1.29, 1.82) is 0 Å². The molecule has 0 unspecified atom stereocenters. The largest absolute Gasteiger partial charge is 0.495 e. The van der Waals surface area contributed by atoms with E-state index in [-0.39, 0.29) is 10.6 Å². The van der Waals surface area contributed by atoms with E-state index in [9.17, 15) is 8.42 Å². The fourth-order valence-corrected chi connectivity index (χ4v) is 3.22. The van der Waals surface area contributed by atoms with Crippen LogP contribution in [0, 0.1) is 0 Å². The number of benzene rings is 2. The number of ether oxygens (including phenoxy) is 2. The first-order valence-electron chi connectivity index (χ1n) is 7.58. The molecule has 2 aromatic carbocycles. The number of hydrogen-bond acceptors (Lipinski definition) is 5. The van der Waals surface area contributed by atoms with Crippen LogP contribution in [0.4, 0.5) is 5.69 Å². The van der Waals surface area contributed by atoms with Crippen molar-refractivity contribution in [3.05, 3.63) is 54.1 Å². The summed E-state index contributed by atoms with van der Waals surface area (Å²) in [6.07, 6.45) is 0.581. The van der Waals surface area contributed by atoms with Gasteiger partial charge in [0.2, 0.25) is 10.0 Å². The maximum absolute atomic E-state index is 12.2. The molecule has 0 fully saturated rings. The van der Waals surface area contributed by atoms with Gasteiger partial charge in [-0.05, 0) is 30.2 Å². The van der Waals surface area contributed by atoms with Crippen LogP contribution >= 0.6 is 0 Å². The molecule has 3 N–H and O–H groups in total. The van der Waals surface area contributed by atoms with Gasteiger partial charge in [0.25, 0.3) is 0 Å². The molecule has 0 atom stereocenters. The van der Waals surface area contributed by atoms with Gasteiger partial charge in [-0.1, -0.05) is 30.3 Å². The number of nitrogens with one attached hydrogen (secondary N) is 1. The monoisotopic (exact) mass is 350 g/mol. The van der Waals surface area contributed by atoms with Gasteiger partial charge in [-0.3, -0.25) is 0 Å². The minimum atomic E-state index is -3.59. The molecule has 0 saturated carbocycles. The molecule has 0 aliphatic heterocycles. The van der Waals surface area contributed by atoms with Gasteiger partial charge in [-0.2, -0.15) is 0 Å². The van der Waals surface area contributed by atoms with Gasteiger partial charge in [-0.25, -0.2) is 13.1 Å². The quantitative estimate of drug-likeness (QED) is 0.534. The fraction of sp³-hybridized carbons (Fsp3) is 0.294.